The standard InChI is InChI=1S/C5H13N.CH4O.ClH/c1-4-6-5(2)3;1-2;/h5-6H,4H2,1-3H3;2H,1H3;1H. The van der Waals surface area contributed by atoms with Crippen molar-refractivity contribution in [2.45, 2.75) is 26.8 Å². The zero-order chi connectivity index (χ0) is 6.99. The summed E-state index contributed by atoms with van der Waals surface area (Å²) in [6, 6.07) is 0.648. The molecule has 0 aliphatic rings. The van der Waals surface area contributed by atoms with Crippen molar-refractivity contribution in [1.82, 2.24) is 5.32 Å². The number of aliphatic hydroxyl groups is 1. The first-order valence-corrected chi connectivity index (χ1v) is 2.95. The van der Waals surface area contributed by atoms with E-state index in [4.69, 9.17) is 5.11 Å². The van der Waals surface area contributed by atoms with Crippen molar-refractivity contribution in [3.05, 3.63) is 0 Å². The monoisotopic (exact) mass is 155 g/mol. The van der Waals surface area contributed by atoms with Gasteiger partial charge < -0.3 is 10.4 Å². The van der Waals surface area contributed by atoms with E-state index in [1.165, 1.54) is 0 Å². The van der Waals surface area contributed by atoms with E-state index in [9.17, 15) is 0 Å². The highest BCUT2D eigenvalue weighted by Gasteiger charge is 1.82. The van der Waals surface area contributed by atoms with E-state index in [0.29, 0.717) is 6.04 Å². The molecule has 0 aromatic rings. The second kappa shape index (κ2) is 15.7. The molecule has 0 aromatic heterocycles. The minimum Gasteiger partial charge on any atom is -0.400 e. The third-order valence-corrected chi connectivity index (χ3v) is 0.612. The van der Waals surface area contributed by atoms with Gasteiger partial charge in [0.25, 0.3) is 0 Å². The normalized spacial score (nSPS) is 7.33. The van der Waals surface area contributed by atoms with Gasteiger partial charge >= 0.3 is 0 Å². The summed E-state index contributed by atoms with van der Waals surface area (Å²) in [6.45, 7) is 7.48. The van der Waals surface area contributed by atoms with Crippen LogP contribution in [0.3, 0.4) is 0 Å². The Bertz CT molecular complexity index is 34.2. The predicted molar refractivity (Wildman–Crippen MR) is 44.2 cm³/mol. The Morgan fingerprint density at radius 3 is 1.67 bits per heavy atom. The van der Waals surface area contributed by atoms with Gasteiger partial charge in [-0.1, -0.05) is 20.8 Å². The van der Waals surface area contributed by atoms with Crippen LogP contribution in [-0.2, 0) is 0 Å². The van der Waals surface area contributed by atoms with Gasteiger partial charge in [-0.05, 0) is 6.54 Å². The Balaban J connectivity index is -0.000000109. The Hall–Kier alpha value is 0.210. The topological polar surface area (TPSA) is 32.3 Å². The van der Waals surface area contributed by atoms with Crippen LogP contribution >= 0.6 is 12.4 Å². The van der Waals surface area contributed by atoms with Crippen molar-refractivity contribution in [3.63, 3.8) is 0 Å². The lowest BCUT2D eigenvalue weighted by Crippen LogP contribution is -2.21. The summed E-state index contributed by atoms with van der Waals surface area (Å²) in [4.78, 5) is 0. The van der Waals surface area contributed by atoms with E-state index in [0.717, 1.165) is 13.7 Å². The average molecular weight is 156 g/mol. The fourth-order valence-electron chi connectivity index (χ4n) is 0.408. The van der Waals surface area contributed by atoms with Gasteiger partial charge in [0.1, 0.15) is 0 Å². The van der Waals surface area contributed by atoms with Crippen LogP contribution in [0, 0.1) is 0 Å². The number of hydrogen-bond acceptors (Lipinski definition) is 2. The Labute approximate surface area is 64.1 Å². The molecule has 0 aromatic carbocycles. The average Bonchev–Trinajstić information content (AvgIpc) is 1.72. The minimum absolute atomic E-state index is 0. The van der Waals surface area contributed by atoms with Crippen LogP contribution in [0.25, 0.3) is 0 Å². The van der Waals surface area contributed by atoms with E-state index < -0.39 is 0 Å². The fourth-order valence-corrected chi connectivity index (χ4v) is 0.408. The highest BCUT2D eigenvalue weighted by atomic mass is 35.5. The SMILES string of the molecule is CCNC(C)C.CO.Cl. The summed E-state index contributed by atoms with van der Waals surface area (Å²) in [6.07, 6.45) is 0. The zero-order valence-corrected chi connectivity index (χ0v) is 7.46. The van der Waals surface area contributed by atoms with Crippen molar-refractivity contribution in [2.75, 3.05) is 13.7 Å². The fraction of sp³-hybridized carbons (Fsp3) is 1.00. The molecule has 0 saturated heterocycles. The predicted octanol–water partition coefficient (Wildman–Crippen LogP) is 1.03. The zero-order valence-electron chi connectivity index (χ0n) is 6.64. The van der Waals surface area contributed by atoms with Crippen LogP contribution in [0.5, 0.6) is 0 Å². The van der Waals surface area contributed by atoms with Crippen molar-refractivity contribution in [3.8, 4) is 0 Å². The van der Waals surface area contributed by atoms with E-state index >= 15 is 0 Å². The van der Waals surface area contributed by atoms with Crippen LogP contribution in [0.15, 0.2) is 0 Å². The van der Waals surface area contributed by atoms with Crippen LogP contribution in [0.4, 0.5) is 0 Å². The third kappa shape index (κ3) is 30.7. The summed E-state index contributed by atoms with van der Waals surface area (Å²) in [7, 11) is 1.00. The highest BCUT2D eigenvalue weighted by Crippen LogP contribution is 1.70. The van der Waals surface area contributed by atoms with E-state index in [2.05, 4.69) is 26.1 Å². The van der Waals surface area contributed by atoms with E-state index in [-0.39, 0.29) is 12.4 Å². The van der Waals surface area contributed by atoms with Crippen LogP contribution in [0.2, 0.25) is 0 Å². The van der Waals surface area contributed by atoms with Gasteiger partial charge in [0.2, 0.25) is 0 Å². The molecule has 0 fully saturated rings. The van der Waals surface area contributed by atoms with Gasteiger partial charge in [-0.25, -0.2) is 0 Å². The smallest absolute Gasteiger partial charge is 0.0319 e. The summed E-state index contributed by atoms with van der Waals surface area (Å²) in [5.41, 5.74) is 0. The van der Waals surface area contributed by atoms with Crippen molar-refractivity contribution >= 4 is 12.4 Å². The van der Waals surface area contributed by atoms with Gasteiger partial charge in [0, 0.05) is 13.2 Å². The minimum atomic E-state index is 0. The molecule has 0 saturated carbocycles. The molecule has 0 bridgehead atoms. The van der Waals surface area contributed by atoms with Crippen LogP contribution < -0.4 is 5.32 Å². The van der Waals surface area contributed by atoms with Crippen LogP contribution in [-0.4, -0.2) is 24.8 Å². The molecule has 9 heavy (non-hydrogen) atoms. The molecule has 0 atom stereocenters. The van der Waals surface area contributed by atoms with Gasteiger partial charge in [0.15, 0.2) is 0 Å². The molecule has 0 amide bonds. The van der Waals surface area contributed by atoms with Crippen molar-refractivity contribution in [2.24, 2.45) is 0 Å². The van der Waals surface area contributed by atoms with E-state index in [1.54, 1.807) is 0 Å². The number of aliphatic hydroxyl groups excluding tert-OH is 1. The van der Waals surface area contributed by atoms with Gasteiger partial charge in [-0.2, -0.15) is 0 Å². The Morgan fingerprint density at radius 1 is 1.33 bits per heavy atom. The molecule has 0 unspecified atom stereocenters. The number of nitrogens with one attached hydrogen (secondary N) is 1. The van der Waals surface area contributed by atoms with Gasteiger partial charge in [-0.15, -0.1) is 12.4 Å². The quantitative estimate of drug-likeness (QED) is 0.625. The third-order valence-electron chi connectivity index (χ3n) is 0.612. The lowest BCUT2D eigenvalue weighted by atomic mass is 10.4. The summed E-state index contributed by atoms with van der Waals surface area (Å²) < 4.78 is 0. The molecule has 0 aliphatic heterocycles. The summed E-state index contributed by atoms with van der Waals surface area (Å²) in [5, 5.41) is 10.2. The second-order valence-electron chi connectivity index (χ2n) is 1.71. The second-order valence-corrected chi connectivity index (χ2v) is 1.71. The van der Waals surface area contributed by atoms with Gasteiger partial charge in [-0.3, -0.25) is 0 Å². The molecule has 2 N–H and O–H groups in total. The lowest BCUT2D eigenvalue weighted by Gasteiger charge is -2.00. The Morgan fingerprint density at radius 2 is 1.67 bits per heavy atom. The Kier molecular flexibility index (Phi) is 28.1. The van der Waals surface area contributed by atoms with Gasteiger partial charge in [0.05, 0.1) is 0 Å². The first kappa shape index (κ1) is 16.1. The lowest BCUT2D eigenvalue weighted by molar-refractivity contribution is 0.399. The maximum absolute atomic E-state index is 7.00. The molecule has 0 radical (unpaired) electrons. The molecule has 2 nitrogen and oxygen atoms in total. The molecule has 0 spiro atoms. The first-order chi connectivity index (χ1) is 3.77. The molecular weight excluding hydrogens is 138 g/mol. The number of hydrogen-bond donors (Lipinski definition) is 2. The van der Waals surface area contributed by atoms with E-state index in [1.807, 2.05) is 0 Å². The summed E-state index contributed by atoms with van der Waals surface area (Å²) in [5.74, 6) is 0. The molecule has 60 valence electrons. The summed E-state index contributed by atoms with van der Waals surface area (Å²) >= 11 is 0. The van der Waals surface area contributed by atoms with Crippen molar-refractivity contribution < 1.29 is 5.11 Å². The maximum Gasteiger partial charge on any atom is 0.0319 e. The number of halogens is 1. The molecule has 0 rings (SSSR count). The first-order valence-electron chi connectivity index (χ1n) is 2.95. The van der Waals surface area contributed by atoms with Crippen molar-refractivity contribution in [1.29, 1.82) is 0 Å². The maximum atomic E-state index is 7.00. The molecule has 3 heteroatoms. The molecule has 0 aliphatic carbocycles. The molecular formula is C6H18ClNO. The van der Waals surface area contributed by atoms with Crippen LogP contribution in [0.1, 0.15) is 20.8 Å². The highest BCUT2D eigenvalue weighted by molar-refractivity contribution is 5.85. The molecule has 0 heterocycles. The largest absolute Gasteiger partial charge is 0.400 e. The number of rotatable bonds is 2.